The fourth-order valence-corrected chi connectivity index (χ4v) is 2.44. The number of aliphatic carboxylic acids is 1. The summed E-state index contributed by atoms with van der Waals surface area (Å²) in [6.45, 7) is 7.56. The Morgan fingerprint density at radius 1 is 1.50 bits per heavy atom. The van der Waals surface area contributed by atoms with Gasteiger partial charge in [-0.2, -0.15) is 0 Å². The molecule has 0 aromatic heterocycles. The third-order valence-corrected chi connectivity index (χ3v) is 4.43. The van der Waals surface area contributed by atoms with Gasteiger partial charge < -0.3 is 15.2 Å². The lowest BCUT2D eigenvalue weighted by Crippen LogP contribution is -2.47. The van der Waals surface area contributed by atoms with Gasteiger partial charge in [0.2, 0.25) is 0 Å². The van der Waals surface area contributed by atoms with E-state index in [1.54, 1.807) is 6.92 Å². The van der Waals surface area contributed by atoms with E-state index >= 15 is 0 Å². The van der Waals surface area contributed by atoms with Crippen molar-refractivity contribution in [1.29, 1.82) is 0 Å². The zero-order chi connectivity index (χ0) is 14.8. The molecular weight excluding hydrogens is 254 g/mol. The molecule has 20 heavy (non-hydrogen) atoms. The molecular formula is C16H23NO3. The number of rotatable bonds is 5. The second-order valence-electron chi connectivity index (χ2n) is 5.84. The summed E-state index contributed by atoms with van der Waals surface area (Å²) in [5.74, 6) is -1.25. The Labute approximate surface area is 120 Å². The van der Waals surface area contributed by atoms with Crippen LogP contribution in [0.25, 0.3) is 0 Å². The van der Waals surface area contributed by atoms with Crippen LogP contribution in [0, 0.1) is 0 Å². The first-order chi connectivity index (χ1) is 9.42. The molecule has 1 aromatic carbocycles. The van der Waals surface area contributed by atoms with Crippen LogP contribution in [0.1, 0.15) is 44.2 Å². The lowest BCUT2D eigenvalue weighted by molar-refractivity contribution is -0.138. The molecule has 0 amide bonds. The molecule has 0 radical (unpaired) electrons. The molecule has 2 N–H and O–H groups in total. The molecule has 0 bridgehead atoms. The van der Waals surface area contributed by atoms with E-state index in [1.807, 2.05) is 24.3 Å². The van der Waals surface area contributed by atoms with E-state index in [0.717, 1.165) is 30.7 Å². The Balaban J connectivity index is 1.96. The van der Waals surface area contributed by atoms with Crippen molar-refractivity contribution in [3.05, 3.63) is 35.4 Å². The van der Waals surface area contributed by atoms with Crippen LogP contribution in [-0.4, -0.2) is 29.3 Å². The lowest BCUT2D eigenvalue weighted by atomic mass is 9.94. The summed E-state index contributed by atoms with van der Waals surface area (Å²) in [6.07, 6.45) is 1.23. The Kier molecular flexibility index (Phi) is 4.45. The molecule has 4 nitrogen and oxygen atoms in total. The molecule has 0 spiro atoms. The van der Waals surface area contributed by atoms with E-state index in [0.29, 0.717) is 0 Å². The average Bonchev–Trinajstić information content (AvgIpc) is 2.76. The van der Waals surface area contributed by atoms with Crippen molar-refractivity contribution in [3.8, 4) is 0 Å². The number of carboxylic acid groups (broad SMARTS) is 1. The highest BCUT2D eigenvalue weighted by Gasteiger charge is 2.36. The van der Waals surface area contributed by atoms with Crippen LogP contribution in [0.5, 0.6) is 0 Å². The number of benzene rings is 1. The largest absolute Gasteiger partial charge is 0.481 e. The highest BCUT2D eigenvalue weighted by atomic mass is 16.5. The Bertz CT molecular complexity index is 471. The molecule has 3 atom stereocenters. The summed E-state index contributed by atoms with van der Waals surface area (Å²) in [6, 6.07) is 7.77. The number of hydrogen-bond donors (Lipinski definition) is 2. The van der Waals surface area contributed by atoms with Crippen molar-refractivity contribution in [1.82, 2.24) is 5.32 Å². The summed E-state index contributed by atoms with van der Waals surface area (Å²) in [4.78, 5) is 10.9. The monoisotopic (exact) mass is 277 g/mol. The van der Waals surface area contributed by atoms with Gasteiger partial charge in [0, 0.05) is 18.7 Å². The van der Waals surface area contributed by atoms with Crippen molar-refractivity contribution in [2.45, 2.75) is 51.3 Å². The first-order valence-corrected chi connectivity index (χ1v) is 7.10. The molecule has 3 unspecified atom stereocenters. The van der Waals surface area contributed by atoms with Crippen LogP contribution >= 0.6 is 0 Å². The Morgan fingerprint density at radius 3 is 2.65 bits per heavy atom. The van der Waals surface area contributed by atoms with Crippen molar-refractivity contribution in [2.75, 3.05) is 6.61 Å². The molecule has 1 saturated heterocycles. The fraction of sp³-hybridized carbons (Fsp3) is 0.562. The van der Waals surface area contributed by atoms with Crippen LogP contribution in [0.15, 0.2) is 24.3 Å². The minimum Gasteiger partial charge on any atom is -0.481 e. The second kappa shape index (κ2) is 5.94. The van der Waals surface area contributed by atoms with E-state index in [9.17, 15) is 4.79 Å². The van der Waals surface area contributed by atoms with Gasteiger partial charge in [0.1, 0.15) is 0 Å². The van der Waals surface area contributed by atoms with Crippen molar-refractivity contribution < 1.29 is 14.6 Å². The van der Waals surface area contributed by atoms with Gasteiger partial charge in [-0.05, 0) is 38.3 Å². The number of hydrogen-bond acceptors (Lipinski definition) is 3. The quantitative estimate of drug-likeness (QED) is 0.868. The summed E-state index contributed by atoms with van der Waals surface area (Å²) in [5.41, 5.74) is 2.02. The van der Waals surface area contributed by atoms with Crippen LogP contribution in [0.2, 0.25) is 0 Å². The van der Waals surface area contributed by atoms with Crippen molar-refractivity contribution >= 4 is 5.97 Å². The normalized spacial score (nSPS) is 27.4. The van der Waals surface area contributed by atoms with Crippen LogP contribution in [0.4, 0.5) is 0 Å². The minimum absolute atomic E-state index is 0.0209. The molecule has 0 aliphatic carbocycles. The van der Waals surface area contributed by atoms with Gasteiger partial charge in [-0.15, -0.1) is 0 Å². The molecule has 2 rings (SSSR count). The topological polar surface area (TPSA) is 58.6 Å². The Morgan fingerprint density at radius 2 is 2.15 bits per heavy atom. The maximum absolute atomic E-state index is 10.9. The van der Waals surface area contributed by atoms with Gasteiger partial charge in [-0.25, -0.2) is 0 Å². The molecule has 1 aromatic rings. The molecule has 1 fully saturated rings. The van der Waals surface area contributed by atoms with Crippen molar-refractivity contribution in [3.63, 3.8) is 0 Å². The maximum atomic E-state index is 10.9. The van der Waals surface area contributed by atoms with Gasteiger partial charge in [0.25, 0.3) is 0 Å². The molecule has 1 aliphatic heterocycles. The first-order valence-electron chi connectivity index (χ1n) is 7.10. The summed E-state index contributed by atoms with van der Waals surface area (Å²) in [5, 5.41) is 12.5. The van der Waals surface area contributed by atoms with Crippen LogP contribution < -0.4 is 5.32 Å². The predicted molar refractivity (Wildman–Crippen MR) is 77.8 cm³/mol. The molecule has 0 saturated carbocycles. The number of nitrogens with one attached hydrogen (secondary N) is 1. The van der Waals surface area contributed by atoms with Gasteiger partial charge in [0.05, 0.1) is 12.0 Å². The van der Waals surface area contributed by atoms with Crippen LogP contribution in [-0.2, 0) is 16.1 Å². The van der Waals surface area contributed by atoms with E-state index in [2.05, 4.69) is 19.2 Å². The van der Waals surface area contributed by atoms with E-state index in [-0.39, 0.29) is 11.6 Å². The zero-order valence-electron chi connectivity index (χ0n) is 12.3. The highest BCUT2D eigenvalue weighted by Crippen LogP contribution is 2.25. The molecule has 4 heteroatoms. The van der Waals surface area contributed by atoms with Crippen molar-refractivity contribution in [2.24, 2.45) is 0 Å². The highest BCUT2D eigenvalue weighted by molar-refractivity contribution is 5.75. The van der Waals surface area contributed by atoms with E-state index < -0.39 is 11.9 Å². The zero-order valence-corrected chi connectivity index (χ0v) is 12.3. The number of carboxylic acids is 1. The predicted octanol–water partition coefficient (Wildman–Crippen LogP) is 2.53. The standard InChI is InChI=1S/C16H23NO3/c1-11(15(18)19)14-6-4-13(5-7-14)10-17-16(3)8-9-20-12(16)2/h4-7,11-12,17H,8-10H2,1-3H3,(H,18,19). The van der Waals surface area contributed by atoms with Gasteiger partial charge >= 0.3 is 5.97 Å². The maximum Gasteiger partial charge on any atom is 0.310 e. The number of ether oxygens (including phenoxy) is 1. The fourth-order valence-electron chi connectivity index (χ4n) is 2.44. The van der Waals surface area contributed by atoms with Crippen LogP contribution in [0.3, 0.4) is 0 Å². The van der Waals surface area contributed by atoms with Gasteiger partial charge in [-0.1, -0.05) is 24.3 Å². The third kappa shape index (κ3) is 3.19. The second-order valence-corrected chi connectivity index (χ2v) is 5.84. The minimum atomic E-state index is -0.791. The summed E-state index contributed by atoms with van der Waals surface area (Å²) in [7, 11) is 0. The summed E-state index contributed by atoms with van der Waals surface area (Å²) >= 11 is 0. The lowest BCUT2D eigenvalue weighted by Gasteiger charge is -2.29. The summed E-state index contributed by atoms with van der Waals surface area (Å²) < 4.78 is 5.61. The molecule has 1 heterocycles. The number of carbonyl (C=O) groups is 1. The first kappa shape index (κ1) is 15.0. The molecule has 1 aliphatic rings. The van der Waals surface area contributed by atoms with E-state index in [1.165, 1.54) is 0 Å². The average molecular weight is 277 g/mol. The van der Waals surface area contributed by atoms with Gasteiger partial charge in [-0.3, -0.25) is 4.79 Å². The molecule has 110 valence electrons. The smallest absolute Gasteiger partial charge is 0.310 e. The Hall–Kier alpha value is -1.39. The van der Waals surface area contributed by atoms with E-state index in [4.69, 9.17) is 9.84 Å². The SMILES string of the molecule is CC(C(=O)O)c1ccc(CNC2(C)CCOC2C)cc1. The van der Waals surface area contributed by atoms with Gasteiger partial charge in [0.15, 0.2) is 0 Å². The third-order valence-electron chi connectivity index (χ3n) is 4.43.